The number of hydrogen-bond donors (Lipinski definition) is 1. The first kappa shape index (κ1) is 38.5. The number of likely N-dealkylation sites (tertiary alicyclic amines) is 1. The number of hydrogen-bond acceptors (Lipinski definition) is 7. The Kier molecular flexibility index (Phi) is 13.6. The van der Waals surface area contributed by atoms with Gasteiger partial charge in [0.25, 0.3) is 5.91 Å². The van der Waals surface area contributed by atoms with Crippen LogP contribution in [0.1, 0.15) is 62.9 Å². The zero-order chi connectivity index (χ0) is 37.2. The minimum absolute atomic E-state index is 0.112. The highest BCUT2D eigenvalue weighted by molar-refractivity contribution is 7.84. The van der Waals surface area contributed by atoms with E-state index < -0.39 is 10.8 Å². The third kappa shape index (κ3) is 10.2. The van der Waals surface area contributed by atoms with Gasteiger partial charge in [-0.1, -0.05) is 31.5 Å². The molecule has 1 saturated heterocycles. The molecule has 3 heterocycles. The van der Waals surface area contributed by atoms with Gasteiger partial charge in [0.1, 0.15) is 12.4 Å². The molecule has 10 heteroatoms. The van der Waals surface area contributed by atoms with Crippen LogP contribution >= 0.6 is 0 Å². The maximum Gasteiger partial charge on any atom is 0.251 e. The molecule has 282 valence electrons. The predicted octanol–water partition coefficient (Wildman–Crippen LogP) is 7.96. The van der Waals surface area contributed by atoms with Crippen LogP contribution in [0.5, 0.6) is 5.75 Å². The summed E-state index contributed by atoms with van der Waals surface area (Å²) < 4.78 is 26.8. The van der Waals surface area contributed by atoms with Crippen molar-refractivity contribution >= 4 is 34.2 Å². The van der Waals surface area contributed by atoms with Gasteiger partial charge in [-0.2, -0.15) is 0 Å². The van der Waals surface area contributed by atoms with Crippen LogP contribution in [0, 0.1) is 12.8 Å². The summed E-state index contributed by atoms with van der Waals surface area (Å²) in [6, 6.07) is 22.2. The van der Waals surface area contributed by atoms with Crippen molar-refractivity contribution in [3.05, 3.63) is 95.6 Å². The molecule has 0 bridgehead atoms. The third-order valence-corrected chi connectivity index (χ3v) is 11.8. The van der Waals surface area contributed by atoms with Crippen molar-refractivity contribution in [3.63, 3.8) is 0 Å². The number of unbranched alkanes of at least 4 members (excludes halogenated alkanes) is 1. The molecule has 1 fully saturated rings. The summed E-state index contributed by atoms with van der Waals surface area (Å²) in [6.45, 7) is 12.8. The summed E-state index contributed by atoms with van der Waals surface area (Å²) in [7, 11) is 0.976. The third-order valence-electron chi connectivity index (χ3n) is 10.4. The van der Waals surface area contributed by atoms with E-state index in [1.165, 1.54) is 18.5 Å². The molecule has 2 aliphatic heterocycles. The summed E-state index contributed by atoms with van der Waals surface area (Å²) in [4.78, 5) is 23.9. The molecule has 9 nitrogen and oxygen atoms in total. The number of carbonyl (C=O) groups is 1. The first-order valence-corrected chi connectivity index (χ1v) is 20.5. The van der Waals surface area contributed by atoms with Gasteiger partial charge in [-0.3, -0.25) is 9.00 Å². The Labute approximate surface area is 317 Å². The highest BCUT2D eigenvalue weighted by Crippen LogP contribution is 2.35. The number of nitrogens with one attached hydrogen (secondary N) is 1. The molecule has 3 aromatic carbocycles. The average molecular weight is 738 g/mol. The van der Waals surface area contributed by atoms with Gasteiger partial charge in [0.15, 0.2) is 0 Å². The topological polar surface area (TPSA) is 88.9 Å². The lowest BCUT2D eigenvalue weighted by molar-refractivity contribution is -0.112. The van der Waals surface area contributed by atoms with Crippen molar-refractivity contribution in [1.29, 1.82) is 0 Å². The molecule has 6 rings (SSSR count). The Hall–Kier alpha value is -4.25. The van der Waals surface area contributed by atoms with Crippen LogP contribution in [-0.2, 0) is 32.6 Å². The van der Waals surface area contributed by atoms with Gasteiger partial charge in [-0.25, -0.2) is 4.98 Å². The number of fused-ring (bicyclic) bond motifs is 1. The molecule has 1 atom stereocenters. The molecular weight excluding hydrogens is 683 g/mol. The molecule has 2 aliphatic rings. The quantitative estimate of drug-likeness (QED) is 0.117. The van der Waals surface area contributed by atoms with Crippen molar-refractivity contribution in [2.24, 2.45) is 5.92 Å². The van der Waals surface area contributed by atoms with Crippen molar-refractivity contribution < 1.29 is 18.5 Å². The van der Waals surface area contributed by atoms with Crippen molar-refractivity contribution in [2.75, 3.05) is 63.3 Å². The predicted molar refractivity (Wildman–Crippen MR) is 216 cm³/mol. The number of anilines is 2. The van der Waals surface area contributed by atoms with E-state index in [-0.39, 0.29) is 5.91 Å². The van der Waals surface area contributed by atoms with Crippen molar-refractivity contribution in [2.45, 2.75) is 70.1 Å². The van der Waals surface area contributed by atoms with Crippen molar-refractivity contribution in [3.8, 4) is 16.9 Å². The van der Waals surface area contributed by atoms with Gasteiger partial charge in [0, 0.05) is 48.1 Å². The number of carbonyl (C=O) groups excluding carboxylic acids is 1. The second-order valence-electron chi connectivity index (χ2n) is 14.3. The Bertz CT molecular complexity index is 1860. The van der Waals surface area contributed by atoms with E-state index in [9.17, 15) is 9.00 Å². The van der Waals surface area contributed by atoms with Crippen LogP contribution in [0.15, 0.2) is 83.5 Å². The number of nitrogens with zero attached hydrogens (tertiary/aromatic N) is 4. The normalized spacial score (nSPS) is 15.8. The second kappa shape index (κ2) is 18.7. The molecule has 1 aromatic heterocycles. The average Bonchev–Trinajstić information content (AvgIpc) is 3.42. The largest absolute Gasteiger partial charge is 0.491 e. The molecule has 0 spiro atoms. The van der Waals surface area contributed by atoms with Crippen LogP contribution in [-0.4, -0.2) is 77.6 Å². The summed E-state index contributed by atoms with van der Waals surface area (Å²) in [5.41, 5.74) is 7.73. The van der Waals surface area contributed by atoms with E-state index in [1.807, 2.05) is 47.9 Å². The summed E-state index contributed by atoms with van der Waals surface area (Å²) in [5.74, 6) is 1.73. The first-order chi connectivity index (χ1) is 25.8. The molecule has 0 aliphatic carbocycles. The fourth-order valence-corrected chi connectivity index (χ4v) is 8.32. The molecule has 0 saturated carbocycles. The number of rotatable bonds is 16. The summed E-state index contributed by atoms with van der Waals surface area (Å²) in [6.07, 6.45) is 9.08. The maximum atomic E-state index is 13.9. The number of benzene rings is 3. The standard InChI is InChI=1S/C43H55N5O4S/c1-5-7-24-51-25-26-52-39-13-8-34(9-14-39)35-10-17-41-37(27-35)28-36(20-23-48(41)29-33-18-21-46(4)22-19-33)43(49)45-38-11-15-40(16-12-38)53(50)30-42-32(3)44-31-47(42)6-2/h8-17,27-28,31,33H,5-7,18-26,29-30H2,1-4H3,(H,45,49)/t53-/m1/s1. The Balaban J connectivity index is 1.17. The Morgan fingerprint density at radius 3 is 2.43 bits per heavy atom. The number of aromatic nitrogens is 2. The van der Waals surface area contributed by atoms with Crippen molar-refractivity contribution in [1.82, 2.24) is 14.5 Å². The highest BCUT2D eigenvalue weighted by Gasteiger charge is 2.25. The van der Waals surface area contributed by atoms with E-state index in [2.05, 4.69) is 77.4 Å². The van der Waals surface area contributed by atoms with Gasteiger partial charge >= 0.3 is 0 Å². The fraction of sp³-hybridized carbons (Fsp3) is 0.442. The number of piperidine rings is 1. The van der Waals surface area contributed by atoms with E-state index in [0.717, 1.165) is 96.5 Å². The zero-order valence-electron chi connectivity index (χ0n) is 31.8. The molecule has 1 amide bonds. The number of imidazole rings is 1. The van der Waals surface area contributed by atoms with E-state index in [4.69, 9.17) is 9.47 Å². The molecule has 53 heavy (non-hydrogen) atoms. The number of amides is 1. The van der Waals surface area contributed by atoms with Crippen LogP contribution < -0.4 is 15.0 Å². The Morgan fingerprint density at radius 1 is 0.943 bits per heavy atom. The SMILES string of the molecule is CCCCOCCOc1ccc(-c2ccc3c(c2)C=C(C(=O)Nc2ccc([S@](=O)Cc4c(C)ncn4CC)cc2)CCN3CC2CCN(C)CC2)cc1. The molecule has 0 unspecified atom stereocenters. The number of ether oxygens (including phenoxy) is 2. The van der Waals surface area contributed by atoms with Crippen LogP contribution in [0.25, 0.3) is 17.2 Å². The smallest absolute Gasteiger partial charge is 0.251 e. The lowest BCUT2D eigenvalue weighted by Gasteiger charge is -2.34. The zero-order valence-corrected chi connectivity index (χ0v) is 32.6. The highest BCUT2D eigenvalue weighted by atomic mass is 32.2. The van der Waals surface area contributed by atoms with Gasteiger partial charge in [-0.15, -0.1) is 0 Å². The van der Waals surface area contributed by atoms with Crippen LogP contribution in [0.4, 0.5) is 11.4 Å². The van der Waals surface area contributed by atoms with Crippen LogP contribution in [0.2, 0.25) is 0 Å². The molecular formula is C43H55N5O4S. The summed E-state index contributed by atoms with van der Waals surface area (Å²) in [5, 5.41) is 3.13. The number of aryl methyl sites for hydroxylation is 2. The van der Waals surface area contributed by atoms with Crippen LogP contribution in [0.3, 0.4) is 0 Å². The lowest BCUT2D eigenvalue weighted by atomic mass is 9.95. The van der Waals surface area contributed by atoms with E-state index in [0.29, 0.717) is 37.0 Å². The van der Waals surface area contributed by atoms with E-state index in [1.54, 1.807) is 6.33 Å². The second-order valence-corrected chi connectivity index (χ2v) is 15.7. The van der Waals surface area contributed by atoms with Gasteiger partial charge in [-0.05, 0) is 137 Å². The first-order valence-electron chi connectivity index (χ1n) is 19.2. The fourth-order valence-electron chi connectivity index (χ4n) is 7.09. The Morgan fingerprint density at radius 2 is 1.70 bits per heavy atom. The minimum atomic E-state index is -1.23. The van der Waals surface area contributed by atoms with Gasteiger partial charge in [0.05, 0.1) is 40.9 Å². The molecule has 1 N–H and O–H groups in total. The molecule has 0 radical (unpaired) electrons. The van der Waals surface area contributed by atoms with Gasteiger partial charge < -0.3 is 29.2 Å². The van der Waals surface area contributed by atoms with Gasteiger partial charge in [0.2, 0.25) is 0 Å². The summed E-state index contributed by atoms with van der Waals surface area (Å²) >= 11 is 0. The molecule has 4 aromatic rings. The lowest BCUT2D eigenvalue weighted by Crippen LogP contribution is -2.37. The van der Waals surface area contributed by atoms with E-state index >= 15 is 0 Å². The maximum absolute atomic E-state index is 13.9. The minimum Gasteiger partial charge on any atom is -0.491 e. The monoisotopic (exact) mass is 737 g/mol.